The van der Waals surface area contributed by atoms with Crippen LogP contribution in [-0.2, 0) is 14.3 Å². The Morgan fingerprint density at radius 3 is 2.41 bits per heavy atom. The van der Waals surface area contributed by atoms with Crippen molar-refractivity contribution in [3.05, 3.63) is 36.6 Å². The number of amides is 1. The fourth-order valence-electron chi connectivity index (χ4n) is 1.44. The molecule has 0 fully saturated rings. The van der Waals surface area contributed by atoms with Crippen LogP contribution >= 0.6 is 0 Å². The number of rotatable bonds is 7. The van der Waals surface area contributed by atoms with Crippen molar-refractivity contribution in [3.8, 4) is 0 Å². The Morgan fingerprint density at radius 2 is 1.86 bits per heavy atom. The molecule has 0 saturated heterocycles. The first-order chi connectivity index (χ1) is 10.3. The van der Waals surface area contributed by atoms with E-state index in [2.05, 4.69) is 4.74 Å². The van der Waals surface area contributed by atoms with Crippen molar-refractivity contribution in [1.29, 1.82) is 0 Å². The number of hydrogen-bond acceptors (Lipinski definition) is 4. The van der Waals surface area contributed by atoms with E-state index >= 15 is 0 Å². The summed E-state index contributed by atoms with van der Waals surface area (Å²) < 4.78 is 9.87. The van der Waals surface area contributed by atoms with Gasteiger partial charge in [-0.15, -0.1) is 0 Å². The average molecular weight is 309 g/mol. The molecular formula is C17H27NO4. The highest BCUT2D eigenvalue weighted by molar-refractivity contribution is 5.81. The number of hydrogen-bond donors (Lipinski definition) is 0. The largest absolute Gasteiger partial charge is 0.466 e. The fraction of sp³-hybridized carbons (Fsp3) is 0.529. The van der Waals surface area contributed by atoms with Gasteiger partial charge in [-0.25, -0.2) is 9.59 Å². The van der Waals surface area contributed by atoms with Crippen LogP contribution in [0.25, 0.3) is 0 Å². The first kappa shape index (κ1) is 20.0. The van der Waals surface area contributed by atoms with Crippen molar-refractivity contribution in [2.75, 3.05) is 13.7 Å². The number of carbonyl (C=O) groups excluding carboxylic acids is 2. The summed E-state index contributed by atoms with van der Waals surface area (Å²) in [7, 11) is 1.34. The number of esters is 1. The number of allylic oxidation sites excluding steroid dienone is 4. The molecule has 0 aliphatic carbocycles. The maximum absolute atomic E-state index is 12.1. The fourth-order valence-corrected chi connectivity index (χ4v) is 1.44. The Balaban J connectivity index is 4.51. The Morgan fingerprint density at radius 1 is 1.18 bits per heavy atom. The van der Waals surface area contributed by atoms with Crippen LogP contribution in [0.15, 0.2) is 36.6 Å². The Kier molecular flexibility index (Phi) is 9.67. The molecule has 1 amide bonds. The Labute approximate surface area is 133 Å². The zero-order valence-electron chi connectivity index (χ0n) is 14.2. The lowest BCUT2D eigenvalue weighted by molar-refractivity contribution is -0.134. The minimum Gasteiger partial charge on any atom is -0.466 e. The quantitative estimate of drug-likeness (QED) is 0.310. The molecule has 0 radical (unpaired) electrons. The molecule has 124 valence electrons. The van der Waals surface area contributed by atoms with Gasteiger partial charge in [-0.2, -0.15) is 0 Å². The van der Waals surface area contributed by atoms with Gasteiger partial charge in [-0.3, -0.25) is 4.90 Å². The molecule has 0 rings (SSSR count). The molecule has 0 aliphatic rings. The van der Waals surface area contributed by atoms with E-state index in [9.17, 15) is 9.59 Å². The predicted octanol–water partition coefficient (Wildman–Crippen LogP) is 3.82. The smallest absolute Gasteiger partial charge is 0.414 e. The minimum atomic E-state index is -0.533. The molecule has 0 saturated carbocycles. The zero-order valence-corrected chi connectivity index (χ0v) is 14.2. The Hall–Kier alpha value is -2.04. The van der Waals surface area contributed by atoms with Crippen molar-refractivity contribution in [2.24, 2.45) is 0 Å². The lowest BCUT2D eigenvalue weighted by Crippen LogP contribution is -2.34. The molecule has 0 bridgehead atoms. The minimum absolute atomic E-state index is 0.378. The molecular weight excluding hydrogens is 282 g/mol. The molecule has 0 heterocycles. The monoisotopic (exact) mass is 309 g/mol. The van der Waals surface area contributed by atoms with Gasteiger partial charge < -0.3 is 9.47 Å². The van der Waals surface area contributed by atoms with Gasteiger partial charge >= 0.3 is 12.1 Å². The first-order valence-electron chi connectivity index (χ1n) is 7.33. The highest BCUT2D eigenvalue weighted by Gasteiger charge is 2.20. The number of unbranched alkanes of at least 4 members (excludes halogenated alkanes) is 1. The summed E-state index contributed by atoms with van der Waals surface area (Å²) in [6.45, 7) is 7.90. The van der Waals surface area contributed by atoms with Crippen molar-refractivity contribution >= 4 is 12.1 Å². The maximum atomic E-state index is 12.1. The summed E-state index contributed by atoms with van der Waals surface area (Å²) in [5.41, 5.74) is -0.533. The van der Waals surface area contributed by atoms with Crippen LogP contribution in [0.2, 0.25) is 0 Å². The van der Waals surface area contributed by atoms with Crippen molar-refractivity contribution in [1.82, 2.24) is 4.90 Å². The predicted molar refractivity (Wildman–Crippen MR) is 87.3 cm³/mol. The van der Waals surface area contributed by atoms with Gasteiger partial charge in [0.25, 0.3) is 0 Å². The van der Waals surface area contributed by atoms with Gasteiger partial charge in [0.05, 0.1) is 7.11 Å². The third-order valence-corrected chi connectivity index (χ3v) is 2.42. The molecule has 0 N–H and O–H groups in total. The molecule has 0 aromatic carbocycles. The first-order valence-corrected chi connectivity index (χ1v) is 7.33. The summed E-state index contributed by atoms with van der Waals surface area (Å²) >= 11 is 0. The van der Waals surface area contributed by atoms with E-state index in [-0.39, 0.29) is 12.1 Å². The Bertz CT molecular complexity index is 430. The van der Waals surface area contributed by atoms with Crippen LogP contribution in [0, 0.1) is 0 Å². The highest BCUT2D eigenvalue weighted by atomic mass is 16.6. The summed E-state index contributed by atoms with van der Waals surface area (Å²) in [5, 5.41) is 0. The number of carbonyl (C=O) groups is 2. The molecule has 5 heteroatoms. The maximum Gasteiger partial charge on any atom is 0.414 e. The highest BCUT2D eigenvalue weighted by Crippen LogP contribution is 2.11. The topological polar surface area (TPSA) is 55.8 Å². The molecule has 22 heavy (non-hydrogen) atoms. The molecule has 0 aromatic heterocycles. The third kappa shape index (κ3) is 10.7. The third-order valence-electron chi connectivity index (χ3n) is 2.42. The summed E-state index contributed by atoms with van der Waals surface area (Å²) in [6.07, 6.45) is 11.3. The van der Waals surface area contributed by atoms with E-state index < -0.39 is 5.60 Å². The summed E-state index contributed by atoms with van der Waals surface area (Å²) in [6, 6.07) is 0. The molecule has 5 nitrogen and oxygen atoms in total. The van der Waals surface area contributed by atoms with Gasteiger partial charge in [0.15, 0.2) is 0 Å². The normalized spacial score (nSPS) is 12.2. The summed E-state index contributed by atoms with van der Waals surface area (Å²) in [5.74, 6) is -0.378. The van der Waals surface area contributed by atoms with E-state index in [1.54, 1.807) is 18.4 Å². The van der Waals surface area contributed by atoms with E-state index in [0.29, 0.717) is 19.4 Å². The second-order valence-corrected chi connectivity index (χ2v) is 5.61. The zero-order chi connectivity index (χ0) is 17.0. The van der Waals surface area contributed by atoms with Crippen molar-refractivity contribution in [2.45, 2.75) is 46.1 Å². The van der Waals surface area contributed by atoms with Gasteiger partial charge in [0.2, 0.25) is 0 Å². The molecule has 0 spiro atoms. The van der Waals surface area contributed by atoms with Crippen LogP contribution in [0.5, 0.6) is 0 Å². The second kappa shape index (κ2) is 10.7. The van der Waals surface area contributed by atoms with E-state index in [1.807, 2.05) is 39.8 Å². The molecule has 0 atom stereocenters. The van der Waals surface area contributed by atoms with E-state index in [0.717, 1.165) is 0 Å². The summed E-state index contributed by atoms with van der Waals surface area (Å²) in [4.78, 5) is 24.6. The standard InChI is InChI=1S/C17H27NO4/c1-6-7-10-13-18(16(20)22-17(2,3)4)14-11-8-9-12-15(19)21-5/h6-7,9-10,12-13H,8,11,14H2,1-5H3/b7-6-,12-9+,13-10+. The molecule has 0 aliphatic heterocycles. The van der Waals surface area contributed by atoms with Crippen LogP contribution in [-0.4, -0.2) is 36.2 Å². The van der Waals surface area contributed by atoms with Gasteiger partial charge in [0.1, 0.15) is 5.60 Å². The number of nitrogens with zero attached hydrogens (tertiary/aromatic N) is 1. The van der Waals surface area contributed by atoms with Crippen LogP contribution in [0.3, 0.4) is 0 Å². The van der Waals surface area contributed by atoms with Crippen LogP contribution in [0.4, 0.5) is 4.79 Å². The van der Waals surface area contributed by atoms with Gasteiger partial charge in [0, 0.05) is 18.8 Å². The van der Waals surface area contributed by atoms with Gasteiger partial charge in [-0.1, -0.05) is 18.2 Å². The molecule has 0 aromatic rings. The second-order valence-electron chi connectivity index (χ2n) is 5.61. The van der Waals surface area contributed by atoms with Crippen LogP contribution in [0.1, 0.15) is 40.5 Å². The number of methoxy groups -OCH3 is 1. The lowest BCUT2D eigenvalue weighted by atomic mass is 10.2. The van der Waals surface area contributed by atoms with E-state index in [4.69, 9.17) is 4.74 Å². The van der Waals surface area contributed by atoms with E-state index in [1.165, 1.54) is 18.1 Å². The number of ether oxygens (including phenoxy) is 2. The SMILES string of the molecule is C/C=C\C=C\N(CCC/C=C/C(=O)OC)C(=O)OC(C)(C)C. The van der Waals surface area contributed by atoms with Crippen molar-refractivity contribution < 1.29 is 19.1 Å². The van der Waals surface area contributed by atoms with Crippen LogP contribution < -0.4 is 0 Å². The van der Waals surface area contributed by atoms with Gasteiger partial charge in [-0.05, 0) is 46.6 Å². The molecule has 0 unspecified atom stereocenters. The lowest BCUT2D eigenvalue weighted by Gasteiger charge is -2.25. The average Bonchev–Trinajstić information content (AvgIpc) is 2.42. The van der Waals surface area contributed by atoms with Crippen molar-refractivity contribution in [3.63, 3.8) is 0 Å².